The van der Waals surface area contributed by atoms with E-state index in [1.54, 1.807) is 0 Å². The van der Waals surface area contributed by atoms with Crippen LogP contribution in [0.2, 0.25) is 0 Å². The summed E-state index contributed by atoms with van der Waals surface area (Å²) in [5, 5.41) is 2.80. The van der Waals surface area contributed by atoms with Crippen LogP contribution < -0.4 is 11.1 Å². The van der Waals surface area contributed by atoms with Crippen LogP contribution in [0.15, 0.2) is 0 Å². The van der Waals surface area contributed by atoms with Gasteiger partial charge in [0.05, 0.1) is 6.54 Å². The smallest absolute Gasteiger partial charge is 0.241 e. The molecule has 2 saturated carbocycles. The number of nitrogens with zero attached hydrogens (tertiary/aromatic N) is 1. The van der Waals surface area contributed by atoms with Crippen LogP contribution in [0.1, 0.15) is 51.4 Å². The van der Waals surface area contributed by atoms with E-state index in [0.717, 1.165) is 38.3 Å². The van der Waals surface area contributed by atoms with Crippen molar-refractivity contribution < 1.29 is 9.59 Å². The van der Waals surface area contributed by atoms with E-state index in [4.69, 9.17) is 5.73 Å². The third kappa shape index (κ3) is 4.60. The zero-order chi connectivity index (χ0) is 15.5. The predicted octanol–water partition coefficient (Wildman–Crippen LogP) is 1.69. The molecule has 3 unspecified atom stereocenters. The van der Waals surface area contributed by atoms with Gasteiger partial charge >= 0.3 is 0 Å². The van der Waals surface area contributed by atoms with Crippen molar-refractivity contribution in [1.82, 2.24) is 10.2 Å². The number of nitrogens with one attached hydrogen (secondary N) is 1. The number of carbonyl (C=O) groups excluding carboxylic acids is 2. The van der Waals surface area contributed by atoms with Gasteiger partial charge in [-0.3, -0.25) is 9.59 Å². The topological polar surface area (TPSA) is 75.4 Å². The fourth-order valence-electron chi connectivity index (χ4n) is 4.52. The molecular weight excluding hydrogens is 314 g/mol. The number of hydrogen-bond acceptors (Lipinski definition) is 3. The SMILES string of the molecule is Cl.NC1CCC2CN(C(=O)CNC(=O)CCC3CCCC3)CC12. The molecule has 0 aromatic heterocycles. The summed E-state index contributed by atoms with van der Waals surface area (Å²) in [6.07, 6.45) is 8.93. The molecule has 1 aliphatic heterocycles. The van der Waals surface area contributed by atoms with Gasteiger partial charge in [-0.1, -0.05) is 25.7 Å². The molecule has 3 fully saturated rings. The number of carbonyl (C=O) groups is 2. The predicted molar refractivity (Wildman–Crippen MR) is 92.2 cm³/mol. The highest BCUT2D eigenvalue weighted by Crippen LogP contribution is 2.37. The van der Waals surface area contributed by atoms with Gasteiger partial charge in [0.15, 0.2) is 0 Å². The zero-order valence-corrected chi connectivity index (χ0v) is 14.7. The normalized spacial score (nSPS) is 30.1. The van der Waals surface area contributed by atoms with Crippen molar-refractivity contribution in [2.45, 2.75) is 57.4 Å². The van der Waals surface area contributed by atoms with Crippen LogP contribution >= 0.6 is 12.4 Å². The van der Waals surface area contributed by atoms with E-state index in [-0.39, 0.29) is 36.8 Å². The highest BCUT2D eigenvalue weighted by atomic mass is 35.5. The van der Waals surface area contributed by atoms with Crippen LogP contribution in [0.5, 0.6) is 0 Å². The molecule has 5 nitrogen and oxygen atoms in total. The molecule has 0 aromatic rings. The Balaban J connectivity index is 0.00000192. The van der Waals surface area contributed by atoms with Gasteiger partial charge in [-0.25, -0.2) is 0 Å². The van der Waals surface area contributed by atoms with E-state index in [9.17, 15) is 9.59 Å². The fourth-order valence-corrected chi connectivity index (χ4v) is 4.52. The van der Waals surface area contributed by atoms with E-state index in [0.29, 0.717) is 18.3 Å². The number of fused-ring (bicyclic) bond motifs is 1. The lowest BCUT2D eigenvalue weighted by molar-refractivity contribution is -0.132. The van der Waals surface area contributed by atoms with Crippen molar-refractivity contribution in [2.24, 2.45) is 23.5 Å². The highest BCUT2D eigenvalue weighted by molar-refractivity contribution is 5.85. The van der Waals surface area contributed by atoms with Crippen LogP contribution in [-0.2, 0) is 9.59 Å². The second-order valence-corrected chi connectivity index (χ2v) is 7.43. The zero-order valence-electron chi connectivity index (χ0n) is 13.8. The molecule has 0 aromatic carbocycles. The number of hydrogen-bond donors (Lipinski definition) is 2. The molecule has 3 N–H and O–H groups in total. The molecule has 0 bridgehead atoms. The minimum absolute atomic E-state index is 0. The van der Waals surface area contributed by atoms with Crippen LogP contribution in [0.25, 0.3) is 0 Å². The van der Waals surface area contributed by atoms with E-state index in [1.807, 2.05) is 4.90 Å². The maximum Gasteiger partial charge on any atom is 0.241 e. The summed E-state index contributed by atoms with van der Waals surface area (Å²) >= 11 is 0. The van der Waals surface area contributed by atoms with Gasteiger partial charge in [0.25, 0.3) is 0 Å². The quantitative estimate of drug-likeness (QED) is 0.797. The van der Waals surface area contributed by atoms with Crippen LogP contribution in [0.3, 0.4) is 0 Å². The summed E-state index contributed by atoms with van der Waals surface area (Å²) in [4.78, 5) is 26.0. The number of halogens is 1. The van der Waals surface area contributed by atoms with Gasteiger partial charge in [0.2, 0.25) is 11.8 Å². The Bertz CT molecular complexity index is 426. The van der Waals surface area contributed by atoms with Crippen molar-refractivity contribution in [3.63, 3.8) is 0 Å². The van der Waals surface area contributed by atoms with Crippen molar-refractivity contribution in [2.75, 3.05) is 19.6 Å². The number of likely N-dealkylation sites (tertiary alicyclic amines) is 1. The van der Waals surface area contributed by atoms with E-state index in [1.165, 1.54) is 25.7 Å². The highest BCUT2D eigenvalue weighted by Gasteiger charge is 2.42. The van der Waals surface area contributed by atoms with Gasteiger partial charge in [-0.15, -0.1) is 12.4 Å². The van der Waals surface area contributed by atoms with Gasteiger partial charge in [-0.2, -0.15) is 0 Å². The maximum absolute atomic E-state index is 12.2. The van der Waals surface area contributed by atoms with Crippen molar-refractivity contribution in [3.8, 4) is 0 Å². The Kier molecular flexibility index (Phi) is 6.72. The molecule has 132 valence electrons. The minimum Gasteiger partial charge on any atom is -0.347 e. The summed E-state index contributed by atoms with van der Waals surface area (Å²) in [6.45, 7) is 1.76. The van der Waals surface area contributed by atoms with Crippen LogP contribution in [0.4, 0.5) is 0 Å². The van der Waals surface area contributed by atoms with Crippen molar-refractivity contribution in [1.29, 1.82) is 0 Å². The monoisotopic (exact) mass is 343 g/mol. The third-order valence-electron chi connectivity index (χ3n) is 5.96. The molecule has 2 amide bonds. The molecule has 6 heteroatoms. The number of amides is 2. The van der Waals surface area contributed by atoms with Gasteiger partial charge < -0.3 is 16.0 Å². The maximum atomic E-state index is 12.2. The summed E-state index contributed by atoms with van der Waals surface area (Å²) < 4.78 is 0. The molecule has 3 atom stereocenters. The first-order valence-corrected chi connectivity index (χ1v) is 8.93. The van der Waals surface area contributed by atoms with Crippen molar-refractivity contribution in [3.05, 3.63) is 0 Å². The van der Waals surface area contributed by atoms with E-state index < -0.39 is 0 Å². The second-order valence-electron chi connectivity index (χ2n) is 7.43. The molecule has 0 spiro atoms. The van der Waals surface area contributed by atoms with E-state index >= 15 is 0 Å². The summed E-state index contributed by atoms with van der Waals surface area (Å²) in [7, 11) is 0. The Morgan fingerprint density at radius 1 is 1.09 bits per heavy atom. The molecular formula is C17H30ClN3O2. The lowest BCUT2D eigenvalue weighted by Crippen LogP contribution is -2.40. The fraction of sp³-hybridized carbons (Fsp3) is 0.882. The Hall–Kier alpha value is -0.810. The average molecular weight is 344 g/mol. The lowest BCUT2D eigenvalue weighted by atomic mass is 9.98. The molecule has 3 rings (SSSR count). The second kappa shape index (κ2) is 8.34. The first-order valence-electron chi connectivity index (χ1n) is 8.93. The Labute approximate surface area is 145 Å². The largest absolute Gasteiger partial charge is 0.347 e. The standard InChI is InChI=1S/C17H29N3O2.ClH/c18-15-7-6-13-10-20(11-14(13)15)17(22)9-19-16(21)8-5-12-3-1-2-4-12;/h12-15H,1-11,18H2,(H,19,21);1H. The van der Waals surface area contributed by atoms with E-state index in [2.05, 4.69) is 5.32 Å². The minimum atomic E-state index is 0. The summed E-state index contributed by atoms with van der Waals surface area (Å²) in [5.74, 6) is 1.85. The first-order chi connectivity index (χ1) is 10.6. The van der Waals surface area contributed by atoms with Crippen molar-refractivity contribution >= 4 is 24.2 Å². The van der Waals surface area contributed by atoms with Crippen LogP contribution in [0, 0.1) is 17.8 Å². The van der Waals surface area contributed by atoms with Gasteiger partial charge in [-0.05, 0) is 37.0 Å². The lowest BCUT2D eigenvalue weighted by Gasteiger charge is -2.19. The summed E-state index contributed by atoms with van der Waals surface area (Å²) in [6, 6.07) is 0.254. The molecule has 23 heavy (non-hydrogen) atoms. The third-order valence-corrected chi connectivity index (χ3v) is 5.96. The van der Waals surface area contributed by atoms with Gasteiger partial charge in [0.1, 0.15) is 0 Å². The molecule has 1 saturated heterocycles. The first kappa shape index (κ1) is 18.5. The molecule has 2 aliphatic carbocycles. The van der Waals surface area contributed by atoms with Crippen LogP contribution in [-0.4, -0.2) is 42.4 Å². The Morgan fingerprint density at radius 3 is 2.52 bits per heavy atom. The Morgan fingerprint density at radius 2 is 1.83 bits per heavy atom. The average Bonchev–Trinajstić information content (AvgIpc) is 3.21. The van der Waals surface area contributed by atoms with Gasteiger partial charge in [0, 0.05) is 25.6 Å². The molecule has 0 radical (unpaired) electrons. The number of rotatable bonds is 5. The molecule has 3 aliphatic rings. The molecule has 1 heterocycles. The number of nitrogens with two attached hydrogens (primary N) is 1. The summed E-state index contributed by atoms with van der Waals surface area (Å²) in [5.41, 5.74) is 6.10.